The summed E-state index contributed by atoms with van der Waals surface area (Å²) in [6.45, 7) is 6.02. The largest absolute Gasteiger partial charge is 0.409 e. The third-order valence-electron chi connectivity index (χ3n) is 2.55. The molecule has 16 heavy (non-hydrogen) atoms. The zero-order chi connectivity index (χ0) is 12.4. The summed E-state index contributed by atoms with van der Waals surface area (Å²) in [7, 11) is 1.72. The van der Waals surface area contributed by atoms with Crippen molar-refractivity contribution in [3.63, 3.8) is 0 Å². The lowest BCUT2D eigenvalue weighted by Gasteiger charge is -2.21. The number of oxime groups is 1. The van der Waals surface area contributed by atoms with Gasteiger partial charge in [0.05, 0.1) is 6.61 Å². The molecule has 0 amide bonds. The number of nitrogens with two attached hydrogens (primary N) is 1. The second kappa shape index (κ2) is 9.42. The van der Waals surface area contributed by atoms with Gasteiger partial charge in [-0.05, 0) is 25.3 Å². The minimum atomic E-state index is 0.303. The number of methoxy groups -OCH3 is 1. The molecular formula is C11H25N3O2. The van der Waals surface area contributed by atoms with Crippen molar-refractivity contribution < 1.29 is 9.94 Å². The quantitative estimate of drug-likeness (QED) is 0.183. The van der Waals surface area contributed by atoms with Crippen molar-refractivity contribution in [2.75, 3.05) is 20.3 Å². The zero-order valence-electron chi connectivity index (χ0n) is 10.6. The molecule has 0 aliphatic heterocycles. The molecule has 5 heteroatoms. The summed E-state index contributed by atoms with van der Waals surface area (Å²) in [4.78, 5) is 0. The molecule has 0 fully saturated rings. The van der Waals surface area contributed by atoms with Gasteiger partial charge in [0.15, 0.2) is 0 Å². The van der Waals surface area contributed by atoms with Crippen LogP contribution in [0, 0.1) is 5.92 Å². The second-order valence-electron chi connectivity index (χ2n) is 4.31. The molecule has 0 heterocycles. The molecule has 5 nitrogen and oxygen atoms in total. The summed E-state index contributed by atoms with van der Waals surface area (Å²) in [5.74, 6) is 0.862. The average molecular weight is 231 g/mol. The summed E-state index contributed by atoms with van der Waals surface area (Å²) < 4.78 is 5.14. The van der Waals surface area contributed by atoms with E-state index in [1.165, 1.54) is 0 Å². The summed E-state index contributed by atoms with van der Waals surface area (Å²) in [5.41, 5.74) is 5.37. The Balaban J connectivity index is 3.55. The third kappa shape index (κ3) is 7.48. The Morgan fingerprint density at radius 3 is 2.62 bits per heavy atom. The number of nitrogens with one attached hydrogen (secondary N) is 1. The Labute approximate surface area is 98.0 Å². The number of ether oxygens (including phenoxy) is 1. The highest BCUT2D eigenvalue weighted by molar-refractivity contribution is 5.79. The molecule has 0 bridgehead atoms. The van der Waals surface area contributed by atoms with E-state index in [1.54, 1.807) is 7.11 Å². The standard InChI is InChI=1S/C11H25N3O2/c1-9(2)10(8-16-3)13-7-5-4-6-11(12)14-15/h9-10,13,15H,4-8H2,1-3H3,(H2,12,14). The maximum atomic E-state index is 8.35. The molecule has 0 saturated carbocycles. The summed E-state index contributed by atoms with van der Waals surface area (Å²) in [6.07, 6.45) is 2.60. The lowest BCUT2D eigenvalue weighted by molar-refractivity contribution is 0.147. The Morgan fingerprint density at radius 1 is 1.44 bits per heavy atom. The molecule has 0 aromatic rings. The number of amidine groups is 1. The second-order valence-corrected chi connectivity index (χ2v) is 4.31. The maximum absolute atomic E-state index is 8.35. The van der Waals surface area contributed by atoms with Gasteiger partial charge in [-0.1, -0.05) is 19.0 Å². The van der Waals surface area contributed by atoms with Gasteiger partial charge in [0.25, 0.3) is 0 Å². The van der Waals surface area contributed by atoms with Crippen LogP contribution in [-0.4, -0.2) is 37.3 Å². The lowest BCUT2D eigenvalue weighted by atomic mass is 10.1. The van der Waals surface area contributed by atoms with Crippen LogP contribution in [0.5, 0.6) is 0 Å². The highest BCUT2D eigenvalue weighted by Crippen LogP contribution is 2.02. The average Bonchev–Trinajstić information content (AvgIpc) is 2.26. The SMILES string of the molecule is COCC(NCCCCC(N)=NO)C(C)C. The lowest BCUT2D eigenvalue weighted by Crippen LogP contribution is -2.38. The normalized spacial score (nSPS) is 14.4. The van der Waals surface area contributed by atoms with Crippen molar-refractivity contribution in [1.82, 2.24) is 5.32 Å². The van der Waals surface area contributed by atoms with E-state index in [2.05, 4.69) is 24.3 Å². The van der Waals surface area contributed by atoms with Gasteiger partial charge in [-0.25, -0.2) is 0 Å². The van der Waals surface area contributed by atoms with Crippen molar-refractivity contribution in [1.29, 1.82) is 0 Å². The minimum Gasteiger partial charge on any atom is -0.409 e. The van der Waals surface area contributed by atoms with Crippen molar-refractivity contribution >= 4 is 5.84 Å². The van der Waals surface area contributed by atoms with E-state index in [0.717, 1.165) is 26.0 Å². The van der Waals surface area contributed by atoms with E-state index in [-0.39, 0.29) is 0 Å². The zero-order valence-corrected chi connectivity index (χ0v) is 10.6. The topological polar surface area (TPSA) is 79.9 Å². The highest BCUT2D eigenvalue weighted by atomic mass is 16.5. The highest BCUT2D eigenvalue weighted by Gasteiger charge is 2.11. The summed E-state index contributed by atoms with van der Waals surface area (Å²) in [5, 5.41) is 14.7. The van der Waals surface area contributed by atoms with E-state index in [0.29, 0.717) is 24.2 Å². The van der Waals surface area contributed by atoms with Crippen molar-refractivity contribution in [2.24, 2.45) is 16.8 Å². The smallest absolute Gasteiger partial charge is 0.139 e. The molecule has 0 radical (unpaired) electrons. The Kier molecular flexibility index (Phi) is 8.94. The van der Waals surface area contributed by atoms with E-state index in [9.17, 15) is 0 Å². The molecule has 1 atom stereocenters. The van der Waals surface area contributed by atoms with E-state index in [4.69, 9.17) is 15.7 Å². The summed E-state index contributed by atoms with van der Waals surface area (Å²) in [6, 6.07) is 0.397. The van der Waals surface area contributed by atoms with Crippen LogP contribution in [0.25, 0.3) is 0 Å². The molecule has 0 aliphatic rings. The van der Waals surface area contributed by atoms with E-state index < -0.39 is 0 Å². The molecule has 0 saturated heterocycles. The van der Waals surface area contributed by atoms with E-state index >= 15 is 0 Å². The van der Waals surface area contributed by atoms with Gasteiger partial charge >= 0.3 is 0 Å². The molecule has 0 spiro atoms. The maximum Gasteiger partial charge on any atom is 0.139 e. The van der Waals surface area contributed by atoms with Crippen LogP contribution in [0.3, 0.4) is 0 Å². The fourth-order valence-electron chi connectivity index (χ4n) is 1.44. The predicted octanol–water partition coefficient (Wildman–Crippen LogP) is 1.16. The predicted molar refractivity (Wildman–Crippen MR) is 65.8 cm³/mol. The van der Waals surface area contributed by atoms with Crippen molar-refractivity contribution in [3.05, 3.63) is 0 Å². The number of unbranched alkanes of at least 4 members (excludes halogenated alkanes) is 1. The van der Waals surface area contributed by atoms with Crippen molar-refractivity contribution in [3.8, 4) is 0 Å². The first-order valence-corrected chi connectivity index (χ1v) is 5.80. The molecular weight excluding hydrogens is 206 g/mol. The van der Waals surface area contributed by atoms with Gasteiger partial charge in [-0.3, -0.25) is 0 Å². The molecule has 4 N–H and O–H groups in total. The number of nitrogens with zero attached hydrogens (tertiary/aromatic N) is 1. The molecule has 0 rings (SSSR count). The number of rotatable bonds is 9. The van der Waals surface area contributed by atoms with Crippen LogP contribution in [-0.2, 0) is 4.74 Å². The number of hydrogen-bond donors (Lipinski definition) is 3. The van der Waals surface area contributed by atoms with Gasteiger partial charge in [0.2, 0.25) is 0 Å². The van der Waals surface area contributed by atoms with Gasteiger partial charge in [-0.15, -0.1) is 0 Å². The molecule has 0 aliphatic carbocycles. The fraction of sp³-hybridized carbons (Fsp3) is 0.909. The van der Waals surface area contributed by atoms with Crippen LogP contribution in [0.2, 0.25) is 0 Å². The van der Waals surface area contributed by atoms with Crippen LogP contribution >= 0.6 is 0 Å². The molecule has 1 unspecified atom stereocenters. The Hall–Kier alpha value is -0.810. The van der Waals surface area contributed by atoms with Crippen LogP contribution in [0.15, 0.2) is 5.16 Å². The Bertz CT molecular complexity index is 196. The van der Waals surface area contributed by atoms with Gasteiger partial charge in [-0.2, -0.15) is 0 Å². The fourth-order valence-corrected chi connectivity index (χ4v) is 1.44. The van der Waals surface area contributed by atoms with Crippen LogP contribution < -0.4 is 11.1 Å². The Morgan fingerprint density at radius 2 is 2.12 bits per heavy atom. The monoisotopic (exact) mass is 231 g/mol. The van der Waals surface area contributed by atoms with Gasteiger partial charge in [0.1, 0.15) is 5.84 Å². The number of hydrogen-bond acceptors (Lipinski definition) is 4. The first-order valence-electron chi connectivity index (χ1n) is 5.80. The van der Waals surface area contributed by atoms with Crippen molar-refractivity contribution in [2.45, 2.75) is 39.2 Å². The van der Waals surface area contributed by atoms with Gasteiger partial charge < -0.3 is 21.0 Å². The first kappa shape index (κ1) is 15.2. The van der Waals surface area contributed by atoms with Crippen LogP contribution in [0.4, 0.5) is 0 Å². The van der Waals surface area contributed by atoms with Crippen LogP contribution in [0.1, 0.15) is 33.1 Å². The van der Waals surface area contributed by atoms with Gasteiger partial charge in [0, 0.05) is 19.6 Å². The first-order chi connectivity index (χ1) is 7.61. The summed E-state index contributed by atoms with van der Waals surface area (Å²) >= 11 is 0. The minimum absolute atomic E-state index is 0.303. The molecule has 0 aromatic heterocycles. The third-order valence-corrected chi connectivity index (χ3v) is 2.55. The molecule has 0 aromatic carbocycles. The van der Waals surface area contributed by atoms with E-state index in [1.807, 2.05) is 0 Å². The molecule has 96 valence electrons.